The van der Waals surface area contributed by atoms with Gasteiger partial charge < -0.3 is 15.8 Å². The summed E-state index contributed by atoms with van der Waals surface area (Å²) in [6, 6.07) is 7.67. The summed E-state index contributed by atoms with van der Waals surface area (Å²) in [5.41, 5.74) is 6.58. The normalized spacial score (nSPS) is 15.8. The van der Waals surface area contributed by atoms with Crippen LogP contribution in [0.1, 0.15) is 37.7 Å². The quantitative estimate of drug-likeness (QED) is 0.742. The monoisotopic (exact) mass is 351 g/mol. The summed E-state index contributed by atoms with van der Waals surface area (Å²) in [7, 11) is 0. The van der Waals surface area contributed by atoms with Gasteiger partial charge in [0, 0.05) is 24.4 Å². The number of nitrogens with two attached hydrogens (primary N) is 1. The van der Waals surface area contributed by atoms with Crippen LogP contribution >= 0.6 is 0 Å². The van der Waals surface area contributed by atoms with Crippen LogP contribution in [0.5, 0.6) is 11.6 Å². The van der Waals surface area contributed by atoms with Crippen LogP contribution in [0.25, 0.3) is 0 Å². The first-order chi connectivity index (χ1) is 11.9. The van der Waals surface area contributed by atoms with Crippen molar-refractivity contribution in [2.75, 3.05) is 11.1 Å². The molecule has 2 aromatic rings. The van der Waals surface area contributed by atoms with Gasteiger partial charge in [-0.1, -0.05) is 19.3 Å². The Hall–Kier alpha value is -2.44. The molecule has 0 saturated heterocycles. The van der Waals surface area contributed by atoms with Gasteiger partial charge in [-0.25, -0.2) is 4.98 Å². The van der Waals surface area contributed by atoms with Crippen molar-refractivity contribution >= 4 is 11.4 Å². The van der Waals surface area contributed by atoms with Gasteiger partial charge in [-0.3, -0.25) is 0 Å². The second-order valence-corrected chi connectivity index (χ2v) is 6.21. The van der Waals surface area contributed by atoms with Crippen LogP contribution in [-0.4, -0.2) is 11.0 Å². The summed E-state index contributed by atoms with van der Waals surface area (Å²) in [5.74, 6) is 0.571. The van der Waals surface area contributed by atoms with Gasteiger partial charge in [-0.2, -0.15) is 13.2 Å². The third kappa shape index (κ3) is 4.55. The third-order valence-corrected chi connectivity index (χ3v) is 4.28. The van der Waals surface area contributed by atoms with E-state index in [1.165, 1.54) is 25.3 Å². The summed E-state index contributed by atoms with van der Waals surface area (Å²) >= 11 is 0. The minimum atomic E-state index is -4.41. The number of ether oxygens (including phenoxy) is 1. The predicted octanol–water partition coefficient (Wildman–Crippen LogP) is 5.22. The average Bonchev–Trinajstić information content (AvgIpc) is 2.58. The topological polar surface area (TPSA) is 60.2 Å². The molecule has 0 radical (unpaired) electrons. The van der Waals surface area contributed by atoms with Crippen LogP contribution < -0.4 is 15.8 Å². The van der Waals surface area contributed by atoms with E-state index in [1.807, 2.05) is 0 Å². The molecule has 4 nitrogen and oxygen atoms in total. The highest BCUT2D eigenvalue weighted by Gasteiger charge is 2.30. The molecule has 1 aromatic heterocycles. The Kier molecular flexibility index (Phi) is 5.01. The number of nitrogens with one attached hydrogen (secondary N) is 1. The third-order valence-electron chi connectivity index (χ3n) is 4.28. The Bertz CT molecular complexity index is 710. The molecule has 0 atom stereocenters. The molecule has 1 fully saturated rings. The second-order valence-electron chi connectivity index (χ2n) is 6.21. The maximum atomic E-state index is 12.6. The molecule has 3 N–H and O–H groups in total. The van der Waals surface area contributed by atoms with Crippen LogP contribution in [0, 0.1) is 0 Å². The molecule has 0 unspecified atom stereocenters. The molecule has 0 spiro atoms. The maximum absolute atomic E-state index is 12.6. The van der Waals surface area contributed by atoms with Crippen molar-refractivity contribution in [2.45, 2.75) is 44.3 Å². The van der Waals surface area contributed by atoms with Crippen molar-refractivity contribution < 1.29 is 17.9 Å². The Morgan fingerprint density at radius 3 is 2.48 bits per heavy atom. The lowest BCUT2D eigenvalue weighted by Crippen LogP contribution is -2.22. The van der Waals surface area contributed by atoms with Crippen LogP contribution in [0.3, 0.4) is 0 Å². The zero-order valence-electron chi connectivity index (χ0n) is 13.6. The maximum Gasteiger partial charge on any atom is 0.417 e. The van der Waals surface area contributed by atoms with Crippen LogP contribution in [0.4, 0.5) is 24.5 Å². The minimum Gasteiger partial charge on any atom is -0.439 e. The number of pyridine rings is 1. The highest BCUT2D eigenvalue weighted by molar-refractivity contribution is 5.68. The molecule has 25 heavy (non-hydrogen) atoms. The zero-order chi connectivity index (χ0) is 17.9. The first-order valence-electron chi connectivity index (χ1n) is 8.29. The van der Waals surface area contributed by atoms with Crippen molar-refractivity contribution in [3.63, 3.8) is 0 Å². The molecule has 0 bridgehead atoms. The van der Waals surface area contributed by atoms with E-state index >= 15 is 0 Å². The number of nitrogens with zero attached hydrogens (tertiary/aromatic N) is 1. The summed E-state index contributed by atoms with van der Waals surface area (Å²) < 4.78 is 43.2. The molecule has 0 amide bonds. The lowest BCUT2D eigenvalue weighted by molar-refractivity contribution is -0.137. The number of aromatic nitrogens is 1. The molecule has 1 heterocycles. The Labute approximate surface area is 144 Å². The van der Waals surface area contributed by atoms with Gasteiger partial charge in [0.1, 0.15) is 5.75 Å². The molecule has 1 saturated carbocycles. The van der Waals surface area contributed by atoms with E-state index in [0.29, 0.717) is 17.5 Å². The molecule has 134 valence electrons. The average molecular weight is 351 g/mol. The number of benzene rings is 1. The van der Waals surface area contributed by atoms with Crippen molar-refractivity contribution in [1.29, 1.82) is 0 Å². The SMILES string of the molecule is Nc1ccc(Oc2ccc(C(F)(F)F)cn2)cc1NC1CCCCC1. The number of hydrogen-bond acceptors (Lipinski definition) is 4. The molecule has 1 aliphatic rings. The van der Waals surface area contributed by atoms with E-state index in [0.717, 1.165) is 30.8 Å². The largest absolute Gasteiger partial charge is 0.439 e. The van der Waals surface area contributed by atoms with E-state index in [-0.39, 0.29) is 5.88 Å². The molecule has 1 aromatic carbocycles. The van der Waals surface area contributed by atoms with Gasteiger partial charge >= 0.3 is 6.18 Å². The van der Waals surface area contributed by atoms with Gasteiger partial charge in [-0.15, -0.1) is 0 Å². The molecule has 7 heteroatoms. The first kappa shape index (κ1) is 17.4. The van der Waals surface area contributed by atoms with Crippen LogP contribution in [0.2, 0.25) is 0 Å². The number of rotatable bonds is 4. The van der Waals surface area contributed by atoms with E-state index in [2.05, 4.69) is 10.3 Å². The van der Waals surface area contributed by atoms with Gasteiger partial charge in [-0.05, 0) is 31.0 Å². The smallest absolute Gasteiger partial charge is 0.417 e. The second kappa shape index (κ2) is 7.21. The van der Waals surface area contributed by atoms with Gasteiger partial charge in [0.15, 0.2) is 0 Å². The van der Waals surface area contributed by atoms with Gasteiger partial charge in [0.2, 0.25) is 5.88 Å². The molecule has 0 aliphatic heterocycles. The number of halogens is 3. The lowest BCUT2D eigenvalue weighted by atomic mass is 9.95. The van der Waals surface area contributed by atoms with Crippen molar-refractivity contribution in [3.05, 3.63) is 42.1 Å². The summed E-state index contributed by atoms with van der Waals surface area (Å²) in [6.45, 7) is 0. The van der Waals surface area contributed by atoms with Crippen molar-refractivity contribution in [1.82, 2.24) is 4.98 Å². The Balaban J connectivity index is 1.71. The molecular formula is C18H20F3N3O. The fourth-order valence-electron chi connectivity index (χ4n) is 2.92. The summed E-state index contributed by atoms with van der Waals surface area (Å²) in [5, 5.41) is 3.43. The van der Waals surface area contributed by atoms with Gasteiger partial charge in [0.25, 0.3) is 0 Å². The van der Waals surface area contributed by atoms with Gasteiger partial charge in [0.05, 0.1) is 16.9 Å². The van der Waals surface area contributed by atoms with Crippen molar-refractivity contribution in [2.24, 2.45) is 0 Å². The molecular weight excluding hydrogens is 331 g/mol. The van der Waals surface area contributed by atoms with E-state index < -0.39 is 11.7 Å². The Morgan fingerprint density at radius 2 is 1.84 bits per heavy atom. The summed E-state index contributed by atoms with van der Waals surface area (Å²) in [6.07, 6.45) is 2.20. The molecule has 3 rings (SSSR count). The minimum absolute atomic E-state index is 0.0985. The van der Waals surface area contributed by atoms with Crippen LogP contribution in [0.15, 0.2) is 36.5 Å². The lowest BCUT2D eigenvalue weighted by Gasteiger charge is -2.24. The van der Waals surface area contributed by atoms with E-state index in [9.17, 15) is 13.2 Å². The number of hydrogen-bond donors (Lipinski definition) is 2. The number of alkyl halides is 3. The fraction of sp³-hybridized carbons (Fsp3) is 0.389. The first-order valence-corrected chi connectivity index (χ1v) is 8.29. The van der Waals surface area contributed by atoms with E-state index in [4.69, 9.17) is 10.5 Å². The predicted molar refractivity (Wildman–Crippen MR) is 90.7 cm³/mol. The fourth-order valence-corrected chi connectivity index (χ4v) is 2.92. The van der Waals surface area contributed by atoms with Crippen molar-refractivity contribution in [3.8, 4) is 11.6 Å². The Morgan fingerprint density at radius 1 is 1.08 bits per heavy atom. The highest BCUT2D eigenvalue weighted by Crippen LogP contribution is 2.32. The zero-order valence-corrected chi connectivity index (χ0v) is 13.6. The standard InChI is InChI=1S/C18H20F3N3O/c19-18(20,21)12-6-9-17(23-11-12)25-14-7-8-15(22)16(10-14)24-13-4-2-1-3-5-13/h6-11,13,24H,1-5,22H2. The highest BCUT2D eigenvalue weighted by atomic mass is 19.4. The number of nitrogen functional groups attached to an aromatic ring is 1. The van der Waals surface area contributed by atoms with E-state index in [1.54, 1.807) is 18.2 Å². The van der Waals surface area contributed by atoms with Crippen LogP contribution in [-0.2, 0) is 6.18 Å². The number of anilines is 2. The molecule has 1 aliphatic carbocycles. The summed E-state index contributed by atoms with van der Waals surface area (Å²) in [4.78, 5) is 3.71.